The number of thiophene rings is 1. The molecule has 2 aliphatic rings. The van der Waals surface area contributed by atoms with Gasteiger partial charge in [0.2, 0.25) is 0 Å². The standard InChI is InChI=1S/C17H22N4O2S.C2HF3O2/c1-2-14(24-11-1)12-21-7-10-23-13-15(21)17-18-4-3-16(19-17)20-5-8-22-9-6-20;3-2(4,5)1(6)7/h1-4,11,15H,5-10,12-13H2;(H,6,7). The first-order chi connectivity index (χ1) is 14.8. The van der Waals surface area contributed by atoms with Gasteiger partial charge in [0.1, 0.15) is 11.6 Å². The minimum absolute atomic E-state index is 0.113. The molecular formula is C19H23F3N4O4S. The molecule has 0 bridgehead atoms. The van der Waals surface area contributed by atoms with Crippen molar-refractivity contribution in [3.63, 3.8) is 0 Å². The SMILES string of the molecule is O=C(O)C(F)(F)F.c1csc(CN2CCOCC2c2nccc(N3CCOCC3)n2)c1. The van der Waals surface area contributed by atoms with E-state index in [9.17, 15) is 13.2 Å². The van der Waals surface area contributed by atoms with Gasteiger partial charge in [0.15, 0.2) is 0 Å². The van der Waals surface area contributed by atoms with E-state index >= 15 is 0 Å². The molecular weight excluding hydrogens is 437 g/mol. The van der Waals surface area contributed by atoms with E-state index < -0.39 is 12.1 Å². The number of rotatable bonds is 4. The van der Waals surface area contributed by atoms with Crippen molar-refractivity contribution < 1.29 is 32.5 Å². The average Bonchev–Trinajstić information content (AvgIpc) is 3.28. The molecule has 0 aliphatic carbocycles. The first kappa shape index (κ1) is 23.4. The van der Waals surface area contributed by atoms with Gasteiger partial charge in [-0.15, -0.1) is 11.3 Å². The Kier molecular flexibility index (Phi) is 8.18. The number of morpholine rings is 2. The van der Waals surface area contributed by atoms with Gasteiger partial charge in [-0.2, -0.15) is 13.2 Å². The van der Waals surface area contributed by atoms with E-state index in [0.717, 1.165) is 57.6 Å². The van der Waals surface area contributed by atoms with Gasteiger partial charge in [-0.1, -0.05) is 6.07 Å². The Bertz CT molecular complexity index is 832. The number of carboxylic acids is 1. The van der Waals surface area contributed by atoms with Crippen LogP contribution < -0.4 is 4.90 Å². The molecule has 0 aromatic carbocycles. The lowest BCUT2D eigenvalue weighted by molar-refractivity contribution is -0.192. The van der Waals surface area contributed by atoms with Gasteiger partial charge in [-0.05, 0) is 17.5 Å². The first-order valence-corrected chi connectivity index (χ1v) is 10.5. The van der Waals surface area contributed by atoms with Gasteiger partial charge < -0.3 is 19.5 Å². The smallest absolute Gasteiger partial charge is 0.475 e. The normalized spacial score (nSPS) is 20.1. The van der Waals surface area contributed by atoms with Crippen molar-refractivity contribution >= 4 is 23.1 Å². The number of nitrogens with zero attached hydrogens (tertiary/aromatic N) is 4. The number of aromatic nitrogens is 2. The summed E-state index contributed by atoms with van der Waals surface area (Å²) in [7, 11) is 0. The molecule has 2 aliphatic heterocycles. The van der Waals surface area contributed by atoms with E-state index in [2.05, 4.69) is 32.3 Å². The second-order valence-corrected chi connectivity index (χ2v) is 7.85. The largest absolute Gasteiger partial charge is 0.490 e. The number of alkyl halides is 3. The van der Waals surface area contributed by atoms with Crippen molar-refractivity contribution in [1.82, 2.24) is 14.9 Å². The lowest BCUT2D eigenvalue weighted by Gasteiger charge is -2.35. The van der Waals surface area contributed by atoms with Gasteiger partial charge in [0.05, 0.1) is 32.5 Å². The summed E-state index contributed by atoms with van der Waals surface area (Å²) in [5.41, 5.74) is 0. The van der Waals surface area contributed by atoms with Crippen LogP contribution in [0.5, 0.6) is 0 Å². The second kappa shape index (κ2) is 10.8. The number of aliphatic carboxylic acids is 1. The van der Waals surface area contributed by atoms with E-state index in [0.29, 0.717) is 6.61 Å². The maximum absolute atomic E-state index is 10.6. The molecule has 12 heteroatoms. The van der Waals surface area contributed by atoms with Crippen molar-refractivity contribution in [3.05, 3.63) is 40.5 Å². The van der Waals surface area contributed by atoms with E-state index in [4.69, 9.17) is 24.4 Å². The molecule has 2 saturated heterocycles. The number of anilines is 1. The lowest BCUT2D eigenvalue weighted by atomic mass is 10.2. The van der Waals surface area contributed by atoms with Gasteiger partial charge in [-0.25, -0.2) is 14.8 Å². The van der Waals surface area contributed by atoms with Crippen LogP contribution in [0.1, 0.15) is 16.7 Å². The third-order valence-electron chi connectivity index (χ3n) is 4.71. The zero-order valence-electron chi connectivity index (χ0n) is 16.6. The zero-order chi connectivity index (χ0) is 22.3. The highest BCUT2D eigenvalue weighted by atomic mass is 32.1. The Hall–Kier alpha value is -2.28. The van der Waals surface area contributed by atoms with Crippen LogP contribution in [-0.2, 0) is 20.8 Å². The van der Waals surface area contributed by atoms with Crippen LogP contribution in [0.25, 0.3) is 0 Å². The highest BCUT2D eigenvalue weighted by Gasteiger charge is 2.38. The Balaban J connectivity index is 0.000000339. The summed E-state index contributed by atoms with van der Waals surface area (Å²) in [6.45, 7) is 6.55. The summed E-state index contributed by atoms with van der Waals surface area (Å²) in [6.07, 6.45) is -3.22. The molecule has 0 amide bonds. The highest BCUT2D eigenvalue weighted by Crippen LogP contribution is 2.26. The molecule has 4 rings (SSSR count). The van der Waals surface area contributed by atoms with Crippen LogP contribution in [0.2, 0.25) is 0 Å². The number of ether oxygens (including phenoxy) is 2. The molecule has 1 unspecified atom stereocenters. The first-order valence-electron chi connectivity index (χ1n) is 9.64. The van der Waals surface area contributed by atoms with Crippen molar-refractivity contribution in [2.45, 2.75) is 18.8 Å². The Morgan fingerprint density at radius 2 is 1.90 bits per heavy atom. The zero-order valence-corrected chi connectivity index (χ0v) is 17.4. The molecule has 4 heterocycles. The summed E-state index contributed by atoms with van der Waals surface area (Å²) < 4.78 is 42.9. The third-order valence-corrected chi connectivity index (χ3v) is 5.57. The maximum atomic E-state index is 10.6. The average molecular weight is 460 g/mol. The molecule has 170 valence electrons. The molecule has 0 saturated carbocycles. The number of hydrogen-bond donors (Lipinski definition) is 1. The monoisotopic (exact) mass is 460 g/mol. The fourth-order valence-electron chi connectivity index (χ4n) is 3.16. The molecule has 8 nitrogen and oxygen atoms in total. The number of carbonyl (C=O) groups is 1. The van der Waals surface area contributed by atoms with Gasteiger partial charge in [0, 0.05) is 37.3 Å². The predicted molar refractivity (Wildman–Crippen MR) is 107 cm³/mol. The third kappa shape index (κ3) is 6.86. The summed E-state index contributed by atoms with van der Waals surface area (Å²) in [5, 5.41) is 9.25. The van der Waals surface area contributed by atoms with Crippen LogP contribution in [0.3, 0.4) is 0 Å². The number of hydrogen-bond acceptors (Lipinski definition) is 8. The molecule has 2 fully saturated rings. The van der Waals surface area contributed by atoms with Crippen LogP contribution in [-0.4, -0.2) is 78.2 Å². The molecule has 31 heavy (non-hydrogen) atoms. The van der Waals surface area contributed by atoms with Gasteiger partial charge in [-0.3, -0.25) is 4.90 Å². The van der Waals surface area contributed by atoms with Crippen LogP contribution in [0, 0.1) is 0 Å². The minimum Gasteiger partial charge on any atom is -0.475 e. The van der Waals surface area contributed by atoms with Gasteiger partial charge >= 0.3 is 12.1 Å². The van der Waals surface area contributed by atoms with E-state index in [1.165, 1.54) is 4.88 Å². The fraction of sp³-hybridized carbons (Fsp3) is 0.526. The van der Waals surface area contributed by atoms with E-state index in [1.54, 1.807) is 11.3 Å². The second-order valence-electron chi connectivity index (χ2n) is 6.82. The predicted octanol–water partition coefficient (Wildman–Crippen LogP) is 2.58. The van der Waals surface area contributed by atoms with E-state index in [-0.39, 0.29) is 6.04 Å². The Labute approximate surface area is 181 Å². The molecule has 1 N–H and O–H groups in total. The number of halogens is 3. The highest BCUT2D eigenvalue weighted by molar-refractivity contribution is 7.09. The topological polar surface area (TPSA) is 88.0 Å². The summed E-state index contributed by atoms with van der Waals surface area (Å²) >= 11 is 1.79. The van der Waals surface area contributed by atoms with Crippen LogP contribution in [0.15, 0.2) is 29.8 Å². The lowest BCUT2D eigenvalue weighted by Crippen LogP contribution is -2.40. The minimum atomic E-state index is -5.08. The van der Waals surface area contributed by atoms with Crippen LogP contribution >= 0.6 is 11.3 Å². The molecule has 1 atom stereocenters. The Morgan fingerprint density at radius 1 is 1.19 bits per heavy atom. The van der Waals surface area contributed by atoms with Crippen molar-refractivity contribution in [2.75, 3.05) is 51.0 Å². The quantitative estimate of drug-likeness (QED) is 0.745. The molecule has 2 aromatic rings. The molecule has 0 spiro atoms. The molecule has 0 radical (unpaired) electrons. The molecule has 2 aromatic heterocycles. The summed E-state index contributed by atoms with van der Waals surface area (Å²) in [4.78, 5) is 24.3. The maximum Gasteiger partial charge on any atom is 0.490 e. The summed E-state index contributed by atoms with van der Waals surface area (Å²) in [5.74, 6) is -0.910. The van der Waals surface area contributed by atoms with Crippen molar-refractivity contribution in [3.8, 4) is 0 Å². The van der Waals surface area contributed by atoms with E-state index in [1.807, 2.05) is 12.3 Å². The summed E-state index contributed by atoms with van der Waals surface area (Å²) in [6, 6.07) is 6.39. The van der Waals surface area contributed by atoms with Gasteiger partial charge in [0.25, 0.3) is 0 Å². The van der Waals surface area contributed by atoms with Crippen molar-refractivity contribution in [2.24, 2.45) is 0 Å². The van der Waals surface area contributed by atoms with Crippen molar-refractivity contribution in [1.29, 1.82) is 0 Å². The van der Waals surface area contributed by atoms with Crippen LogP contribution in [0.4, 0.5) is 19.0 Å². The Morgan fingerprint density at radius 3 is 2.55 bits per heavy atom. The fourth-order valence-corrected chi connectivity index (χ4v) is 3.89. The number of carboxylic acid groups (broad SMARTS) is 1.